The molecule has 1 atom stereocenters. The van der Waals surface area contributed by atoms with Crippen LogP contribution in [0.25, 0.3) is 0 Å². The molecule has 6 nitrogen and oxygen atoms in total. The number of nitrogens with zero attached hydrogens (tertiary/aromatic N) is 1. The zero-order chi connectivity index (χ0) is 16.4. The van der Waals surface area contributed by atoms with E-state index in [0.29, 0.717) is 11.1 Å². The summed E-state index contributed by atoms with van der Waals surface area (Å²) in [6.45, 7) is 1.64. The SMILES string of the molecule is CC(NC(=O)NC1CCCCC1)N1C(=O)c2ccccc2C1=O. The molecule has 1 aromatic carbocycles. The van der Waals surface area contributed by atoms with Crippen LogP contribution in [0.4, 0.5) is 4.79 Å². The number of amides is 4. The Labute approximate surface area is 135 Å². The van der Waals surface area contributed by atoms with Gasteiger partial charge in [0.05, 0.1) is 11.1 Å². The maximum atomic E-state index is 12.4. The number of imide groups is 1. The van der Waals surface area contributed by atoms with Crippen LogP contribution in [0.15, 0.2) is 24.3 Å². The van der Waals surface area contributed by atoms with Crippen molar-refractivity contribution >= 4 is 17.8 Å². The van der Waals surface area contributed by atoms with Gasteiger partial charge in [0.2, 0.25) is 0 Å². The van der Waals surface area contributed by atoms with Gasteiger partial charge in [-0.05, 0) is 31.9 Å². The van der Waals surface area contributed by atoms with Crippen molar-refractivity contribution in [1.29, 1.82) is 0 Å². The van der Waals surface area contributed by atoms with Gasteiger partial charge in [-0.15, -0.1) is 0 Å². The van der Waals surface area contributed by atoms with E-state index in [0.717, 1.165) is 30.6 Å². The minimum Gasteiger partial charge on any atom is -0.335 e. The molecule has 0 radical (unpaired) electrons. The molecule has 23 heavy (non-hydrogen) atoms. The predicted molar refractivity (Wildman–Crippen MR) is 84.9 cm³/mol. The molecule has 1 saturated carbocycles. The number of rotatable bonds is 3. The summed E-state index contributed by atoms with van der Waals surface area (Å²) in [6.07, 6.45) is 4.73. The number of carbonyl (C=O) groups excluding carboxylic acids is 3. The normalized spacial score (nSPS) is 19.4. The first-order valence-electron chi connectivity index (χ1n) is 8.12. The first kappa shape index (κ1) is 15.5. The van der Waals surface area contributed by atoms with Gasteiger partial charge in [-0.1, -0.05) is 31.4 Å². The Bertz CT molecular complexity index is 603. The van der Waals surface area contributed by atoms with Crippen molar-refractivity contribution < 1.29 is 14.4 Å². The topological polar surface area (TPSA) is 78.5 Å². The fourth-order valence-electron chi connectivity index (χ4n) is 3.29. The molecule has 0 aromatic heterocycles. The Morgan fingerprint density at radius 2 is 1.65 bits per heavy atom. The molecular weight excluding hydrogens is 294 g/mol. The summed E-state index contributed by atoms with van der Waals surface area (Å²) in [6, 6.07) is 6.55. The van der Waals surface area contributed by atoms with E-state index < -0.39 is 6.17 Å². The zero-order valence-corrected chi connectivity index (χ0v) is 13.2. The number of nitrogens with one attached hydrogen (secondary N) is 2. The Kier molecular flexibility index (Phi) is 4.32. The molecule has 0 spiro atoms. The second-order valence-corrected chi connectivity index (χ2v) is 6.15. The van der Waals surface area contributed by atoms with Crippen LogP contribution in [-0.4, -0.2) is 35.0 Å². The molecule has 1 aliphatic carbocycles. The first-order chi connectivity index (χ1) is 11.1. The molecule has 2 N–H and O–H groups in total. The van der Waals surface area contributed by atoms with Crippen LogP contribution >= 0.6 is 0 Å². The van der Waals surface area contributed by atoms with Gasteiger partial charge >= 0.3 is 6.03 Å². The van der Waals surface area contributed by atoms with Crippen LogP contribution in [-0.2, 0) is 0 Å². The van der Waals surface area contributed by atoms with Gasteiger partial charge < -0.3 is 10.6 Å². The van der Waals surface area contributed by atoms with E-state index in [1.165, 1.54) is 6.42 Å². The molecule has 1 fully saturated rings. The molecule has 1 unspecified atom stereocenters. The summed E-state index contributed by atoms with van der Waals surface area (Å²) < 4.78 is 0. The number of hydrogen-bond donors (Lipinski definition) is 2. The van der Waals surface area contributed by atoms with Crippen molar-refractivity contribution in [2.24, 2.45) is 0 Å². The summed E-state index contributed by atoms with van der Waals surface area (Å²) in [5.41, 5.74) is 0.776. The molecular formula is C17H21N3O3. The third-order valence-electron chi connectivity index (χ3n) is 4.49. The Hall–Kier alpha value is -2.37. The monoisotopic (exact) mass is 315 g/mol. The van der Waals surface area contributed by atoms with Crippen LogP contribution in [0.3, 0.4) is 0 Å². The van der Waals surface area contributed by atoms with E-state index in [4.69, 9.17) is 0 Å². The lowest BCUT2D eigenvalue weighted by molar-refractivity contribution is 0.0579. The quantitative estimate of drug-likeness (QED) is 0.840. The maximum absolute atomic E-state index is 12.4. The Morgan fingerprint density at radius 3 is 2.22 bits per heavy atom. The number of hydrogen-bond acceptors (Lipinski definition) is 3. The molecule has 122 valence electrons. The zero-order valence-electron chi connectivity index (χ0n) is 13.2. The minimum absolute atomic E-state index is 0.179. The molecule has 0 bridgehead atoms. The van der Waals surface area contributed by atoms with Crippen molar-refractivity contribution in [3.05, 3.63) is 35.4 Å². The minimum atomic E-state index is -0.689. The number of carbonyl (C=O) groups is 3. The van der Waals surface area contributed by atoms with Crippen molar-refractivity contribution in [2.75, 3.05) is 0 Å². The van der Waals surface area contributed by atoms with E-state index >= 15 is 0 Å². The highest BCUT2D eigenvalue weighted by molar-refractivity contribution is 6.21. The number of fused-ring (bicyclic) bond motifs is 1. The summed E-state index contributed by atoms with van der Waals surface area (Å²) in [4.78, 5) is 37.9. The lowest BCUT2D eigenvalue weighted by Crippen LogP contribution is -2.53. The molecule has 1 aliphatic heterocycles. The molecule has 2 aliphatic rings. The van der Waals surface area contributed by atoms with Crippen molar-refractivity contribution in [1.82, 2.24) is 15.5 Å². The lowest BCUT2D eigenvalue weighted by atomic mass is 9.96. The van der Waals surface area contributed by atoms with Crippen molar-refractivity contribution in [3.63, 3.8) is 0 Å². The summed E-state index contributed by atoms with van der Waals surface area (Å²) in [5.74, 6) is -0.730. The molecule has 3 rings (SSSR count). The summed E-state index contributed by atoms with van der Waals surface area (Å²) in [7, 11) is 0. The first-order valence-corrected chi connectivity index (χ1v) is 8.12. The van der Waals surface area contributed by atoms with E-state index in [1.807, 2.05) is 0 Å². The summed E-state index contributed by atoms with van der Waals surface area (Å²) >= 11 is 0. The molecule has 6 heteroatoms. The van der Waals surface area contributed by atoms with Gasteiger partial charge in [-0.25, -0.2) is 4.79 Å². The average molecular weight is 315 g/mol. The highest BCUT2D eigenvalue weighted by atomic mass is 16.2. The third kappa shape index (κ3) is 3.06. The highest BCUT2D eigenvalue weighted by Crippen LogP contribution is 2.23. The highest BCUT2D eigenvalue weighted by Gasteiger charge is 2.38. The maximum Gasteiger partial charge on any atom is 0.316 e. The van der Waals surface area contributed by atoms with Crippen LogP contribution in [0.1, 0.15) is 59.7 Å². The third-order valence-corrected chi connectivity index (χ3v) is 4.49. The molecule has 1 heterocycles. The van der Waals surface area contributed by atoms with Gasteiger partial charge in [-0.3, -0.25) is 14.5 Å². The predicted octanol–water partition coefficient (Wildman–Crippen LogP) is 2.26. The second-order valence-electron chi connectivity index (χ2n) is 6.15. The van der Waals surface area contributed by atoms with Crippen LogP contribution in [0, 0.1) is 0 Å². The Morgan fingerprint density at radius 1 is 1.09 bits per heavy atom. The van der Waals surface area contributed by atoms with Gasteiger partial charge in [-0.2, -0.15) is 0 Å². The molecule has 0 saturated heterocycles. The fourth-order valence-corrected chi connectivity index (χ4v) is 3.29. The number of benzene rings is 1. The Balaban J connectivity index is 1.62. The van der Waals surface area contributed by atoms with Gasteiger partial charge in [0.15, 0.2) is 0 Å². The van der Waals surface area contributed by atoms with E-state index in [-0.39, 0.29) is 23.9 Å². The molecule has 4 amide bonds. The second kappa shape index (κ2) is 6.40. The van der Waals surface area contributed by atoms with E-state index in [9.17, 15) is 14.4 Å². The lowest BCUT2D eigenvalue weighted by Gasteiger charge is -2.27. The van der Waals surface area contributed by atoms with Gasteiger partial charge in [0.1, 0.15) is 6.17 Å². The van der Waals surface area contributed by atoms with E-state index in [1.54, 1.807) is 31.2 Å². The van der Waals surface area contributed by atoms with Crippen LogP contribution in [0.2, 0.25) is 0 Å². The molecule has 1 aromatic rings. The fraction of sp³-hybridized carbons (Fsp3) is 0.471. The standard InChI is InChI=1S/C17H21N3O3/c1-11(18-17(23)19-12-7-3-2-4-8-12)20-15(21)13-9-5-6-10-14(13)16(20)22/h5-6,9-12H,2-4,7-8H2,1H3,(H2,18,19,23). The van der Waals surface area contributed by atoms with Crippen LogP contribution in [0.5, 0.6) is 0 Å². The van der Waals surface area contributed by atoms with Gasteiger partial charge in [0, 0.05) is 6.04 Å². The van der Waals surface area contributed by atoms with Gasteiger partial charge in [0.25, 0.3) is 11.8 Å². The van der Waals surface area contributed by atoms with Crippen LogP contribution < -0.4 is 10.6 Å². The smallest absolute Gasteiger partial charge is 0.316 e. The van der Waals surface area contributed by atoms with Crippen molar-refractivity contribution in [2.45, 2.75) is 51.2 Å². The number of urea groups is 1. The largest absolute Gasteiger partial charge is 0.335 e. The average Bonchev–Trinajstić information content (AvgIpc) is 2.80. The van der Waals surface area contributed by atoms with E-state index in [2.05, 4.69) is 10.6 Å². The summed E-state index contributed by atoms with van der Waals surface area (Å²) in [5, 5.41) is 5.62. The van der Waals surface area contributed by atoms with Crippen molar-refractivity contribution in [3.8, 4) is 0 Å².